The Morgan fingerprint density at radius 1 is 0.643 bits per heavy atom. The molecule has 0 fully saturated rings. The first-order valence-corrected chi connectivity index (χ1v) is 9.40. The van der Waals surface area contributed by atoms with E-state index in [2.05, 4.69) is 9.98 Å². The third kappa shape index (κ3) is 5.81. The number of hydrogen-bond donors (Lipinski definition) is 0. The molecule has 142 valence electrons. The zero-order valence-corrected chi connectivity index (χ0v) is 16.2. The summed E-state index contributed by atoms with van der Waals surface area (Å²) in [6, 6.07) is 23.6. The van der Waals surface area contributed by atoms with Gasteiger partial charge in [0, 0.05) is 12.4 Å². The number of hydrogen-bond acceptors (Lipinski definition) is 4. The van der Waals surface area contributed by atoms with Crippen LogP contribution in [0.25, 0.3) is 0 Å². The second-order valence-corrected chi connectivity index (χ2v) is 6.04. The van der Waals surface area contributed by atoms with E-state index >= 15 is 0 Å². The van der Waals surface area contributed by atoms with E-state index in [1.807, 2.05) is 99.1 Å². The fourth-order valence-corrected chi connectivity index (χ4v) is 2.59. The number of ether oxygens (including phenoxy) is 2. The molecule has 0 aromatic heterocycles. The van der Waals surface area contributed by atoms with Gasteiger partial charge in [-0.05, 0) is 91.7 Å². The lowest BCUT2D eigenvalue weighted by molar-refractivity contribution is 0.340. The second kappa shape index (κ2) is 10.1. The minimum atomic E-state index is 0.664. The average molecular weight is 372 g/mol. The largest absolute Gasteiger partial charge is 0.494 e. The van der Waals surface area contributed by atoms with Crippen molar-refractivity contribution >= 4 is 23.8 Å². The smallest absolute Gasteiger partial charge is 0.119 e. The van der Waals surface area contributed by atoms with Gasteiger partial charge in [0.15, 0.2) is 0 Å². The van der Waals surface area contributed by atoms with Crippen molar-refractivity contribution in [1.29, 1.82) is 0 Å². The monoisotopic (exact) mass is 372 g/mol. The highest BCUT2D eigenvalue weighted by atomic mass is 16.5. The van der Waals surface area contributed by atoms with Gasteiger partial charge in [-0.2, -0.15) is 0 Å². The molecule has 0 saturated heterocycles. The molecule has 28 heavy (non-hydrogen) atoms. The average Bonchev–Trinajstić information content (AvgIpc) is 2.74. The van der Waals surface area contributed by atoms with Gasteiger partial charge in [-0.1, -0.05) is 6.07 Å². The summed E-state index contributed by atoms with van der Waals surface area (Å²) >= 11 is 0. The topological polar surface area (TPSA) is 43.2 Å². The van der Waals surface area contributed by atoms with Crippen LogP contribution < -0.4 is 9.47 Å². The SMILES string of the molecule is CCOc1ccc(C=Nc2cccc(N=Cc3ccc(OCC)cc3)c2)cc1. The molecule has 0 radical (unpaired) electrons. The predicted molar refractivity (Wildman–Crippen MR) is 116 cm³/mol. The Morgan fingerprint density at radius 3 is 1.46 bits per heavy atom. The third-order valence-corrected chi connectivity index (χ3v) is 3.94. The zero-order chi connectivity index (χ0) is 19.6. The van der Waals surface area contributed by atoms with Crippen molar-refractivity contribution in [3.05, 3.63) is 83.9 Å². The summed E-state index contributed by atoms with van der Waals surface area (Å²) in [5.41, 5.74) is 3.75. The van der Waals surface area contributed by atoms with Gasteiger partial charge in [0.05, 0.1) is 24.6 Å². The van der Waals surface area contributed by atoms with E-state index in [1.54, 1.807) is 0 Å². The van der Waals surface area contributed by atoms with Gasteiger partial charge in [0.1, 0.15) is 11.5 Å². The Balaban J connectivity index is 1.66. The molecule has 0 bridgehead atoms. The van der Waals surface area contributed by atoms with E-state index in [1.165, 1.54) is 0 Å². The van der Waals surface area contributed by atoms with Gasteiger partial charge in [-0.25, -0.2) is 0 Å². The van der Waals surface area contributed by atoms with Gasteiger partial charge in [-0.3, -0.25) is 9.98 Å². The highest BCUT2D eigenvalue weighted by molar-refractivity contribution is 5.84. The fraction of sp³-hybridized carbons (Fsp3) is 0.167. The van der Waals surface area contributed by atoms with E-state index in [9.17, 15) is 0 Å². The highest BCUT2D eigenvalue weighted by Crippen LogP contribution is 2.21. The molecule has 0 aliphatic carbocycles. The molecular weight excluding hydrogens is 348 g/mol. The Morgan fingerprint density at radius 2 is 1.07 bits per heavy atom. The quantitative estimate of drug-likeness (QED) is 0.456. The van der Waals surface area contributed by atoms with Crippen LogP contribution >= 0.6 is 0 Å². The summed E-state index contributed by atoms with van der Waals surface area (Å²) in [5, 5.41) is 0. The van der Waals surface area contributed by atoms with Crippen LogP contribution in [0.1, 0.15) is 25.0 Å². The predicted octanol–water partition coefficient (Wildman–Crippen LogP) is 5.99. The van der Waals surface area contributed by atoms with Crippen LogP contribution in [0.15, 0.2) is 82.8 Å². The maximum Gasteiger partial charge on any atom is 0.119 e. The maximum absolute atomic E-state index is 5.45. The van der Waals surface area contributed by atoms with Gasteiger partial charge >= 0.3 is 0 Å². The summed E-state index contributed by atoms with van der Waals surface area (Å²) in [4.78, 5) is 9.09. The molecule has 4 heteroatoms. The van der Waals surface area contributed by atoms with Crippen LogP contribution in [0.4, 0.5) is 11.4 Å². The number of nitrogens with zero attached hydrogens (tertiary/aromatic N) is 2. The summed E-state index contributed by atoms with van der Waals surface area (Å²) in [7, 11) is 0. The van der Waals surface area contributed by atoms with E-state index in [4.69, 9.17) is 9.47 Å². The van der Waals surface area contributed by atoms with E-state index in [-0.39, 0.29) is 0 Å². The molecule has 4 nitrogen and oxygen atoms in total. The molecule has 0 unspecified atom stereocenters. The van der Waals surface area contributed by atoms with Crippen molar-refractivity contribution in [2.75, 3.05) is 13.2 Å². The van der Waals surface area contributed by atoms with Gasteiger partial charge < -0.3 is 9.47 Å². The van der Waals surface area contributed by atoms with Crippen LogP contribution in [-0.2, 0) is 0 Å². The highest BCUT2D eigenvalue weighted by Gasteiger charge is 1.96. The van der Waals surface area contributed by atoms with E-state index < -0.39 is 0 Å². The molecule has 0 atom stereocenters. The van der Waals surface area contributed by atoms with Gasteiger partial charge in [0.25, 0.3) is 0 Å². The molecule has 3 rings (SSSR count). The summed E-state index contributed by atoms with van der Waals surface area (Å²) in [6.45, 7) is 5.27. The summed E-state index contributed by atoms with van der Waals surface area (Å²) in [6.07, 6.45) is 3.68. The van der Waals surface area contributed by atoms with Crippen molar-refractivity contribution in [2.45, 2.75) is 13.8 Å². The first-order valence-electron chi connectivity index (χ1n) is 9.40. The lowest BCUT2D eigenvalue weighted by atomic mass is 10.2. The van der Waals surface area contributed by atoms with E-state index in [0.29, 0.717) is 13.2 Å². The number of rotatable bonds is 8. The van der Waals surface area contributed by atoms with Crippen LogP contribution in [0.3, 0.4) is 0 Å². The Labute approximate surface area is 166 Å². The van der Waals surface area contributed by atoms with Crippen LogP contribution in [0, 0.1) is 0 Å². The van der Waals surface area contributed by atoms with Crippen molar-refractivity contribution < 1.29 is 9.47 Å². The molecule has 0 aliphatic heterocycles. The molecule has 3 aromatic carbocycles. The Kier molecular flexibility index (Phi) is 6.96. The van der Waals surface area contributed by atoms with Crippen molar-refractivity contribution in [2.24, 2.45) is 9.98 Å². The fourth-order valence-electron chi connectivity index (χ4n) is 2.59. The number of aliphatic imine (C=N–C) groups is 2. The van der Waals surface area contributed by atoms with Crippen molar-refractivity contribution in [1.82, 2.24) is 0 Å². The lowest BCUT2D eigenvalue weighted by Crippen LogP contribution is -1.91. The Bertz CT molecular complexity index is 855. The molecule has 0 N–H and O–H groups in total. The van der Waals surface area contributed by atoms with E-state index in [0.717, 1.165) is 34.0 Å². The molecule has 0 amide bonds. The lowest BCUT2D eigenvalue weighted by Gasteiger charge is -2.02. The first kappa shape index (κ1) is 19.4. The summed E-state index contributed by atoms with van der Waals surface area (Å²) < 4.78 is 10.9. The molecule has 3 aromatic rings. The van der Waals surface area contributed by atoms with Gasteiger partial charge in [-0.15, -0.1) is 0 Å². The van der Waals surface area contributed by atoms with Crippen molar-refractivity contribution in [3.63, 3.8) is 0 Å². The first-order chi connectivity index (χ1) is 13.8. The standard InChI is InChI=1S/C24H24N2O2/c1-3-27-23-12-8-19(9-13-23)17-25-21-6-5-7-22(16-21)26-18-20-10-14-24(15-11-20)28-4-2/h5-18H,3-4H2,1-2H3. The molecule has 0 heterocycles. The minimum absolute atomic E-state index is 0.664. The molecule has 0 spiro atoms. The molecular formula is C24H24N2O2. The van der Waals surface area contributed by atoms with Crippen LogP contribution in [0.2, 0.25) is 0 Å². The van der Waals surface area contributed by atoms with Gasteiger partial charge in [0.2, 0.25) is 0 Å². The van der Waals surface area contributed by atoms with Crippen molar-refractivity contribution in [3.8, 4) is 11.5 Å². The molecule has 0 aliphatic rings. The maximum atomic E-state index is 5.45. The number of benzene rings is 3. The zero-order valence-electron chi connectivity index (χ0n) is 16.2. The van der Waals surface area contributed by atoms with Crippen LogP contribution in [-0.4, -0.2) is 25.6 Å². The molecule has 0 saturated carbocycles. The normalized spacial score (nSPS) is 11.2. The van der Waals surface area contributed by atoms with Crippen LogP contribution in [0.5, 0.6) is 11.5 Å². The third-order valence-electron chi connectivity index (χ3n) is 3.94. The Hall–Kier alpha value is -3.40. The second-order valence-electron chi connectivity index (χ2n) is 6.04. The minimum Gasteiger partial charge on any atom is -0.494 e. The summed E-state index contributed by atoms with van der Waals surface area (Å²) in [5.74, 6) is 1.73.